The molecule has 0 spiro atoms. The van der Waals surface area contributed by atoms with E-state index in [1.807, 2.05) is 19.9 Å². The zero-order chi connectivity index (χ0) is 14.8. The van der Waals surface area contributed by atoms with Crippen molar-refractivity contribution in [1.82, 2.24) is 5.32 Å². The average molecular weight is 270 g/mol. The molecule has 0 bridgehead atoms. The van der Waals surface area contributed by atoms with Gasteiger partial charge in [0.25, 0.3) is 0 Å². The third kappa shape index (κ3) is 8.16. The molecule has 19 heavy (non-hydrogen) atoms. The van der Waals surface area contributed by atoms with Gasteiger partial charge in [-0.2, -0.15) is 5.26 Å². The summed E-state index contributed by atoms with van der Waals surface area (Å²) in [7, 11) is 0. The van der Waals surface area contributed by atoms with E-state index in [0.29, 0.717) is 25.7 Å². The number of hydrogen-bond donors (Lipinski definition) is 3. The van der Waals surface area contributed by atoms with E-state index in [1.165, 1.54) is 0 Å². The number of rotatable bonds is 9. The fraction of sp³-hybridized carbons (Fsp3) is 0.769. The number of carboxylic acid groups (broad SMARTS) is 1. The lowest BCUT2D eigenvalue weighted by molar-refractivity contribution is -0.143. The van der Waals surface area contributed by atoms with Gasteiger partial charge in [-0.3, -0.25) is 4.79 Å². The van der Waals surface area contributed by atoms with E-state index in [4.69, 9.17) is 10.4 Å². The molecule has 1 amide bonds. The minimum Gasteiger partial charge on any atom is -0.480 e. The SMILES string of the molecule is CC(C)C[C@@H](O)C(=O)N[C@H](CCCCC#N)C(=O)O. The minimum atomic E-state index is -1.18. The van der Waals surface area contributed by atoms with Gasteiger partial charge in [0.05, 0.1) is 6.07 Å². The quantitative estimate of drug-likeness (QED) is 0.542. The van der Waals surface area contributed by atoms with Gasteiger partial charge in [0, 0.05) is 6.42 Å². The van der Waals surface area contributed by atoms with Crippen molar-refractivity contribution < 1.29 is 19.8 Å². The lowest BCUT2D eigenvalue weighted by atomic mass is 10.0. The Balaban J connectivity index is 4.23. The first-order valence-electron chi connectivity index (χ1n) is 6.46. The van der Waals surface area contributed by atoms with Gasteiger partial charge in [-0.15, -0.1) is 0 Å². The number of carbonyl (C=O) groups is 2. The number of aliphatic hydroxyl groups is 1. The van der Waals surface area contributed by atoms with Gasteiger partial charge in [0.15, 0.2) is 0 Å². The standard InChI is InChI=1S/C13H22N2O4/c1-9(2)8-11(16)12(17)15-10(13(18)19)6-4-3-5-7-14/h9-11,16H,3-6,8H2,1-2H3,(H,15,17)(H,18,19)/t10-,11-/m1/s1. The van der Waals surface area contributed by atoms with E-state index in [2.05, 4.69) is 5.32 Å². The molecule has 0 rings (SSSR count). The van der Waals surface area contributed by atoms with Gasteiger partial charge in [-0.05, 0) is 31.6 Å². The normalized spacial score (nSPS) is 13.6. The number of carbonyl (C=O) groups excluding carboxylic acids is 1. The second-order valence-corrected chi connectivity index (χ2v) is 4.95. The molecule has 0 aliphatic carbocycles. The molecule has 0 saturated heterocycles. The Labute approximate surface area is 113 Å². The maximum atomic E-state index is 11.6. The van der Waals surface area contributed by atoms with Crippen LogP contribution in [0.4, 0.5) is 0 Å². The molecule has 108 valence electrons. The van der Waals surface area contributed by atoms with Crippen molar-refractivity contribution in [3.63, 3.8) is 0 Å². The Hall–Kier alpha value is -1.61. The number of nitriles is 1. The largest absolute Gasteiger partial charge is 0.480 e. The summed E-state index contributed by atoms with van der Waals surface area (Å²) >= 11 is 0. The molecule has 3 N–H and O–H groups in total. The van der Waals surface area contributed by atoms with E-state index < -0.39 is 24.0 Å². The minimum absolute atomic E-state index is 0.152. The summed E-state index contributed by atoms with van der Waals surface area (Å²) < 4.78 is 0. The van der Waals surface area contributed by atoms with E-state index in [0.717, 1.165) is 0 Å². The highest BCUT2D eigenvalue weighted by molar-refractivity contribution is 5.86. The van der Waals surface area contributed by atoms with E-state index in [9.17, 15) is 14.7 Å². The Bertz CT molecular complexity index is 336. The summed E-state index contributed by atoms with van der Waals surface area (Å²) in [5, 5.41) is 29.3. The van der Waals surface area contributed by atoms with Crippen molar-refractivity contribution in [1.29, 1.82) is 5.26 Å². The number of aliphatic carboxylic acids is 1. The van der Waals surface area contributed by atoms with Crippen LogP contribution in [0.3, 0.4) is 0 Å². The van der Waals surface area contributed by atoms with Crippen LogP contribution in [0.5, 0.6) is 0 Å². The molecule has 0 heterocycles. The molecule has 0 fully saturated rings. The van der Waals surface area contributed by atoms with Crippen molar-refractivity contribution in [3.05, 3.63) is 0 Å². The molecule has 6 nitrogen and oxygen atoms in total. The van der Waals surface area contributed by atoms with Crippen LogP contribution in [0.15, 0.2) is 0 Å². The van der Waals surface area contributed by atoms with Crippen LogP contribution in [0, 0.1) is 17.2 Å². The van der Waals surface area contributed by atoms with Crippen molar-refractivity contribution in [2.45, 2.75) is 58.1 Å². The predicted molar refractivity (Wildman–Crippen MR) is 69.1 cm³/mol. The van der Waals surface area contributed by atoms with Gasteiger partial charge < -0.3 is 15.5 Å². The molecule has 0 aromatic heterocycles. The van der Waals surface area contributed by atoms with Gasteiger partial charge >= 0.3 is 5.97 Å². The number of aliphatic hydroxyl groups excluding tert-OH is 1. The van der Waals surface area contributed by atoms with Crippen LogP contribution >= 0.6 is 0 Å². The van der Waals surface area contributed by atoms with Crippen LogP contribution in [0.1, 0.15) is 46.0 Å². The number of carboxylic acids is 1. The summed E-state index contributed by atoms with van der Waals surface area (Å²) in [6, 6.07) is 0.970. The lowest BCUT2D eigenvalue weighted by Crippen LogP contribution is -2.45. The molecule has 0 aromatic rings. The van der Waals surface area contributed by atoms with Crippen LogP contribution in [-0.4, -0.2) is 34.2 Å². The maximum Gasteiger partial charge on any atom is 0.326 e. The summed E-state index contributed by atoms with van der Waals surface area (Å²) in [6.07, 6.45) is 0.899. The molecule has 0 aliphatic heterocycles. The smallest absolute Gasteiger partial charge is 0.326 e. The summed E-state index contributed by atoms with van der Waals surface area (Å²) in [4.78, 5) is 22.6. The Morgan fingerprint density at radius 1 is 1.32 bits per heavy atom. The van der Waals surface area contributed by atoms with E-state index >= 15 is 0 Å². The molecular weight excluding hydrogens is 248 g/mol. The molecule has 0 aromatic carbocycles. The first-order valence-corrected chi connectivity index (χ1v) is 6.46. The van der Waals surface area contributed by atoms with Crippen molar-refractivity contribution in [3.8, 4) is 6.07 Å². The first-order chi connectivity index (χ1) is 8.88. The third-order valence-electron chi connectivity index (χ3n) is 2.64. The predicted octanol–water partition coefficient (Wildman–Crippen LogP) is 1.05. The fourth-order valence-corrected chi connectivity index (χ4v) is 1.63. The van der Waals surface area contributed by atoms with Crippen LogP contribution < -0.4 is 5.32 Å². The molecule has 0 unspecified atom stereocenters. The highest BCUT2D eigenvalue weighted by atomic mass is 16.4. The third-order valence-corrected chi connectivity index (χ3v) is 2.64. The topological polar surface area (TPSA) is 110 Å². The zero-order valence-electron chi connectivity index (χ0n) is 11.4. The van der Waals surface area contributed by atoms with Gasteiger partial charge in [0.2, 0.25) is 5.91 Å². The number of hydrogen-bond acceptors (Lipinski definition) is 4. The summed E-state index contributed by atoms with van der Waals surface area (Å²) in [5.74, 6) is -1.62. The van der Waals surface area contributed by atoms with Crippen molar-refractivity contribution in [2.24, 2.45) is 5.92 Å². The highest BCUT2D eigenvalue weighted by Crippen LogP contribution is 2.07. The Morgan fingerprint density at radius 2 is 1.95 bits per heavy atom. The fourth-order valence-electron chi connectivity index (χ4n) is 1.63. The second kappa shape index (κ2) is 9.34. The van der Waals surface area contributed by atoms with E-state index in [1.54, 1.807) is 0 Å². The highest BCUT2D eigenvalue weighted by Gasteiger charge is 2.23. The van der Waals surface area contributed by atoms with Crippen molar-refractivity contribution in [2.75, 3.05) is 0 Å². The van der Waals surface area contributed by atoms with Gasteiger partial charge in [-0.1, -0.05) is 13.8 Å². The zero-order valence-corrected chi connectivity index (χ0v) is 11.4. The van der Waals surface area contributed by atoms with Crippen molar-refractivity contribution >= 4 is 11.9 Å². The van der Waals surface area contributed by atoms with Crippen LogP contribution in [0.25, 0.3) is 0 Å². The molecule has 2 atom stereocenters. The van der Waals surface area contributed by atoms with E-state index in [-0.39, 0.29) is 12.3 Å². The lowest BCUT2D eigenvalue weighted by Gasteiger charge is -2.18. The molecule has 0 aliphatic rings. The molecule has 0 radical (unpaired) electrons. The monoisotopic (exact) mass is 270 g/mol. The molecule has 6 heteroatoms. The van der Waals surface area contributed by atoms with Crippen LogP contribution in [0.2, 0.25) is 0 Å². The molecular formula is C13H22N2O4. The maximum absolute atomic E-state index is 11.6. The molecule has 0 saturated carbocycles. The second-order valence-electron chi connectivity index (χ2n) is 4.95. The Kier molecular flexibility index (Phi) is 8.55. The number of nitrogens with zero attached hydrogens (tertiary/aromatic N) is 1. The summed E-state index contributed by atoms with van der Waals surface area (Å²) in [6.45, 7) is 3.74. The number of unbranched alkanes of at least 4 members (excludes halogenated alkanes) is 2. The van der Waals surface area contributed by atoms with Crippen LogP contribution in [-0.2, 0) is 9.59 Å². The summed E-state index contributed by atoms with van der Waals surface area (Å²) in [5.41, 5.74) is 0. The Morgan fingerprint density at radius 3 is 2.42 bits per heavy atom. The first kappa shape index (κ1) is 17.4. The van der Waals surface area contributed by atoms with Gasteiger partial charge in [-0.25, -0.2) is 4.79 Å². The number of amides is 1. The van der Waals surface area contributed by atoms with Gasteiger partial charge in [0.1, 0.15) is 12.1 Å². The average Bonchev–Trinajstić information content (AvgIpc) is 2.31. The number of nitrogens with one attached hydrogen (secondary N) is 1.